The highest BCUT2D eigenvalue weighted by atomic mass is 16.4. The molecule has 4 nitrogen and oxygen atoms in total. The third-order valence-electron chi connectivity index (χ3n) is 3.00. The molecule has 0 atom stereocenters. The number of hydrogen-bond acceptors (Lipinski definition) is 3. The van der Waals surface area contributed by atoms with Gasteiger partial charge in [0.25, 0.3) is 0 Å². The molecule has 0 saturated carbocycles. The Kier molecular flexibility index (Phi) is 3.80. The number of anilines is 1. The van der Waals surface area contributed by atoms with Crippen molar-refractivity contribution in [2.75, 3.05) is 18.0 Å². The van der Waals surface area contributed by atoms with Crippen LogP contribution in [0, 0.1) is 0 Å². The Morgan fingerprint density at radius 1 is 1.42 bits per heavy atom. The van der Waals surface area contributed by atoms with Gasteiger partial charge in [-0.1, -0.05) is 12.1 Å². The summed E-state index contributed by atoms with van der Waals surface area (Å²) >= 11 is 0. The Hall–Kier alpha value is -2.36. The van der Waals surface area contributed by atoms with Crippen molar-refractivity contribution in [1.29, 1.82) is 0 Å². The molecule has 4 heteroatoms. The second-order valence-electron chi connectivity index (χ2n) is 4.17. The summed E-state index contributed by atoms with van der Waals surface area (Å²) < 4.78 is 0. The van der Waals surface area contributed by atoms with Crippen LogP contribution in [0.1, 0.15) is 17.3 Å². The van der Waals surface area contributed by atoms with E-state index in [2.05, 4.69) is 16.5 Å². The Labute approximate surface area is 112 Å². The van der Waals surface area contributed by atoms with Gasteiger partial charge in [-0.15, -0.1) is 6.58 Å². The molecule has 0 aliphatic carbocycles. The minimum absolute atomic E-state index is 0.281. The van der Waals surface area contributed by atoms with E-state index in [1.165, 1.54) is 0 Å². The molecule has 0 bridgehead atoms. The maximum absolute atomic E-state index is 11.1. The first-order valence-electron chi connectivity index (χ1n) is 6.16. The van der Waals surface area contributed by atoms with E-state index in [4.69, 9.17) is 5.11 Å². The normalized spacial score (nSPS) is 10.4. The Morgan fingerprint density at radius 2 is 2.21 bits per heavy atom. The summed E-state index contributed by atoms with van der Waals surface area (Å²) in [4.78, 5) is 17.7. The molecule has 0 fully saturated rings. The summed E-state index contributed by atoms with van der Waals surface area (Å²) in [6, 6.07) is 8.79. The zero-order chi connectivity index (χ0) is 13.8. The fourth-order valence-electron chi connectivity index (χ4n) is 2.05. The second-order valence-corrected chi connectivity index (χ2v) is 4.17. The molecular weight excluding hydrogens is 240 g/mol. The smallest absolute Gasteiger partial charge is 0.336 e. The van der Waals surface area contributed by atoms with Crippen molar-refractivity contribution in [1.82, 2.24) is 4.98 Å². The van der Waals surface area contributed by atoms with Gasteiger partial charge in [0.05, 0.1) is 11.1 Å². The molecule has 0 spiro atoms. The molecule has 19 heavy (non-hydrogen) atoms. The summed E-state index contributed by atoms with van der Waals surface area (Å²) in [5, 5.41) is 9.80. The van der Waals surface area contributed by atoms with Crippen LogP contribution in [0.5, 0.6) is 0 Å². The first-order chi connectivity index (χ1) is 9.17. The average molecular weight is 256 g/mol. The number of benzene rings is 1. The van der Waals surface area contributed by atoms with Gasteiger partial charge in [0.1, 0.15) is 5.82 Å². The predicted octanol–water partition coefficient (Wildman–Crippen LogP) is 2.95. The molecule has 1 aromatic carbocycles. The van der Waals surface area contributed by atoms with Crippen molar-refractivity contribution < 1.29 is 9.90 Å². The molecule has 0 amide bonds. The number of carbonyl (C=O) groups is 1. The number of hydrogen-bond donors (Lipinski definition) is 1. The highest BCUT2D eigenvalue weighted by molar-refractivity contribution is 6.02. The number of pyridine rings is 1. The molecule has 2 aromatic rings. The average Bonchev–Trinajstić information content (AvgIpc) is 2.43. The van der Waals surface area contributed by atoms with Gasteiger partial charge in [0.2, 0.25) is 0 Å². The number of carboxylic acid groups (broad SMARTS) is 1. The van der Waals surface area contributed by atoms with Gasteiger partial charge in [0.15, 0.2) is 0 Å². The molecule has 1 aromatic heterocycles. The van der Waals surface area contributed by atoms with E-state index in [-0.39, 0.29) is 5.56 Å². The van der Waals surface area contributed by atoms with Gasteiger partial charge in [-0.05, 0) is 31.2 Å². The standard InChI is InChI=1S/C15H16N2O2/c1-3-10-17(4-2)14-9-8-11-12(15(18)19)6-5-7-13(11)16-14/h3,5-9H,1,4,10H2,2H3,(H,18,19). The molecule has 0 aliphatic rings. The molecule has 0 unspecified atom stereocenters. The van der Waals surface area contributed by atoms with Crippen molar-refractivity contribution in [2.24, 2.45) is 0 Å². The third-order valence-corrected chi connectivity index (χ3v) is 3.00. The topological polar surface area (TPSA) is 53.4 Å². The quantitative estimate of drug-likeness (QED) is 0.836. The Morgan fingerprint density at radius 3 is 2.84 bits per heavy atom. The molecule has 98 valence electrons. The predicted molar refractivity (Wildman–Crippen MR) is 76.8 cm³/mol. The summed E-state index contributed by atoms with van der Waals surface area (Å²) in [6.07, 6.45) is 1.82. The fourth-order valence-corrected chi connectivity index (χ4v) is 2.05. The summed E-state index contributed by atoms with van der Waals surface area (Å²) in [5.41, 5.74) is 0.975. The van der Waals surface area contributed by atoms with Crippen LogP contribution < -0.4 is 4.90 Å². The number of likely N-dealkylation sites (N-methyl/N-ethyl adjacent to an activating group) is 1. The lowest BCUT2D eigenvalue weighted by Gasteiger charge is -2.20. The summed E-state index contributed by atoms with van der Waals surface area (Å²) in [5.74, 6) is -0.101. The van der Waals surface area contributed by atoms with Crippen molar-refractivity contribution in [3.05, 3.63) is 48.6 Å². The second kappa shape index (κ2) is 5.52. The molecule has 0 saturated heterocycles. The maximum atomic E-state index is 11.1. The van der Waals surface area contributed by atoms with Gasteiger partial charge in [-0.3, -0.25) is 0 Å². The van der Waals surface area contributed by atoms with Gasteiger partial charge in [-0.25, -0.2) is 9.78 Å². The Bertz CT molecular complexity index is 623. The van der Waals surface area contributed by atoms with Crippen molar-refractivity contribution in [3.8, 4) is 0 Å². The third kappa shape index (κ3) is 2.57. The lowest BCUT2D eigenvalue weighted by molar-refractivity contribution is 0.0699. The van der Waals surface area contributed by atoms with Crippen molar-refractivity contribution in [3.63, 3.8) is 0 Å². The highest BCUT2D eigenvalue weighted by Crippen LogP contribution is 2.21. The van der Waals surface area contributed by atoms with E-state index in [9.17, 15) is 4.79 Å². The van der Waals surface area contributed by atoms with Crippen molar-refractivity contribution in [2.45, 2.75) is 6.92 Å². The van der Waals surface area contributed by atoms with E-state index in [0.717, 1.165) is 12.4 Å². The largest absolute Gasteiger partial charge is 0.478 e. The van der Waals surface area contributed by atoms with Crippen LogP contribution in [-0.4, -0.2) is 29.1 Å². The SMILES string of the molecule is C=CCN(CC)c1ccc2c(C(=O)O)cccc2n1. The highest BCUT2D eigenvalue weighted by Gasteiger charge is 2.10. The van der Waals surface area contributed by atoms with Gasteiger partial charge in [0, 0.05) is 18.5 Å². The fraction of sp³-hybridized carbons (Fsp3) is 0.200. The number of carboxylic acids is 1. The minimum Gasteiger partial charge on any atom is -0.478 e. The van der Waals surface area contributed by atoms with E-state index in [0.29, 0.717) is 17.4 Å². The number of aromatic carboxylic acids is 1. The van der Waals surface area contributed by atoms with Crippen LogP contribution in [0.25, 0.3) is 10.9 Å². The number of fused-ring (bicyclic) bond motifs is 1. The van der Waals surface area contributed by atoms with Crippen LogP contribution in [0.4, 0.5) is 5.82 Å². The van der Waals surface area contributed by atoms with Crippen LogP contribution in [0.15, 0.2) is 43.0 Å². The van der Waals surface area contributed by atoms with Gasteiger partial charge >= 0.3 is 5.97 Å². The van der Waals surface area contributed by atoms with E-state index in [1.807, 2.05) is 31.2 Å². The Balaban J connectivity index is 2.52. The number of aromatic nitrogens is 1. The zero-order valence-electron chi connectivity index (χ0n) is 10.8. The van der Waals surface area contributed by atoms with E-state index >= 15 is 0 Å². The monoisotopic (exact) mass is 256 g/mol. The molecule has 1 N–H and O–H groups in total. The minimum atomic E-state index is -0.932. The lowest BCUT2D eigenvalue weighted by Crippen LogP contribution is -2.23. The van der Waals surface area contributed by atoms with Crippen LogP contribution in [-0.2, 0) is 0 Å². The van der Waals surface area contributed by atoms with E-state index < -0.39 is 5.97 Å². The van der Waals surface area contributed by atoms with Crippen molar-refractivity contribution >= 4 is 22.7 Å². The molecule has 0 aliphatic heterocycles. The molecule has 0 radical (unpaired) electrons. The summed E-state index contributed by atoms with van der Waals surface area (Å²) in [6.45, 7) is 7.31. The lowest BCUT2D eigenvalue weighted by atomic mass is 10.1. The zero-order valence-corrected chi connectivity index (χ0v) is 10.8. The van der Waals surface area contributed by atoms with Gasteiger partial charge < -0.3 is 10.0 Å². The van der Waals surface area contributed by atoms with Crippen LogP contribution >= 0.6 is 0 Å². The number of nitrogens with zero attached hydrogens (tertiary/aromatic N) is 2. The molecular formula is C15H16N2O2. The first-order valence-corrected chi connectivity index (χ1v) is 6.16. The van der Waals surface area contributed by atoms with Gasteiger partial charge in [-0.2, -0.15) is 0 Å². The van der Waals surface area contributed by atoms with E-state index in [1.54, 1.807) is 12.1 Å². The summed E-state index contributed by atoms with van der Waals surface area (Å²) in [7, 11) is 0. The first kappa shape index (κ1) is 13.1. The van der Waals surface area contributed by atoms with Crippen LogP contribution in [0.2, 0.25) is 0 Å². The maximum Gasteiger partial charge on any atom is 0.336 e. The number of rotatable bonds is 5. The molecule has 2 rings (SSSR count). The van der Waals surface area contributed by atoms with Crippen LogP contribution in [0.3, 0.4) is 0 Å². The molecule has 1 heterocycles.